The van der Waals surface area contributed by atoms with Gasteiger partial charge in [0.25, 0.3) is 5.91 Å². The third-order valence-corrected chi connectivity index (χ3v) is 3.94. The van der Waals surface area contributed by atoms with Crippen molar-refractivity contribution in [3.8, 4) is 0 Å². The summed E-state index contributed by atoms with van der Waals surface area (Å²) < 4.78 is 0. The van der Waals surface area contributed by atoms with Gasteiger partial charge >= 0.3 is 0 Å². The second-order valence-corrected chi connectivity index (χ2v) is 5.88. The van der Waals surface area contributed by atoms with Crippen molar-refractivity contribution in [3.63, 3.8) is 0 Å². The van der Waals surface area contributed by atoms with E-state index in [4.69, 9.17) is 5.73 Å². The smallest absolute Gasteiger partial charge is 0.271 e. The van der Waals surface area contributed by atoms with Crippen molar-refractivity contribution in [2.45, 2.75) is 26.4 Å². The minimum atomic E-state index is -0.150. The summed E-state index contributed by atoms with van der Waals surface area (Å²) in [5, 5.41) is 5.57. The first-order chi connectivity index (χ1) is 9.61. The fourth-order valence-corrected chi connectivity index (χ4v) is 2.67. The van der Waals surface area contributed by atoms with Gasteiger partial charge in [0, 0.05) is 11.9 Å². The highest BCUT2D eigenvalue weighted by Gasteiger charge is 2.20. The summed E-state index contributed by atoms with van der Waals surface area (Å²) in [4.78, 5) is 16.5. The maximum atomic E-state index is 12.3. The molecule has 1 aromatic carbocycles. The second kappa shape index (κ2) is 6.63. The van der Waals surface area contributed by atoms with E-state index in [9.17, 15) is 4.79 Å². The minimum Gasteiger partial charge on any atom is -0.344 e. The first-order valence-corrected chi connectivity index (χ1v) is 7.50. The average molecular weight is 289 g/mol. The van der Waals surface area contributed by atoms with Crippen LogP contribution in [0, 0.1) is 5.92 Å². The van der Waals surface area contributed by atoms with E-state index in [1.807, 2.05) is 30.3 Å². The molecule has 1 amide bonds. The number of amides is 1. The summed E-state index contributed by atoms with van der Waals surface area (Å²) in [6.07, 6.45) is 0. The van der Waals surface area contributed by atoms with Crippen molar-refractivity contribution in [3.05, 3.63) is 52.0 Å². The predicted molar refractivity (Wildman–Crippen MR) is 81.5 cm³/mol. The van der Waals surface area contributed by atoms with E-state index in [-0.39, 0.29) is 11.9 Å². The number of benzene rings is 1. The number of nitrogens with zero attached hydrogens (tertiary/aromatic N) is 1. The molecule has 1 atom stereocenters. The van der Waals surface area contributed by atoms with Crippen LogP contribution in [0.5, 0.6) is 0 Å². The Labute approximate surface area is 123 Å². The average Bonchev–Trinajstić information content (AvgIpc) is 2.94. The van der Waals surface area contributed by atoms with Gasteiger partial charge in [0.2, 0.25) is 0 Å². The molecule has 1 unspecified atom stereocenters. The standard InChI is InChI=1S/C15H19N3OS/c1-10(2)14(11-6-4-3-5-7-11)18-15(19)12-9-20-13(8-16)17-12/h3-7,9-10,14H,8,16H2,1-2H3,(H,18,19). The number of nitrogens with one attached hydrogen (secondary N) is 1. The van der Waals surface area contributed by atoms with E-state index in [1.54, 1.807) is 5.38 Å². The molecule has 0 radical (unpaired) electrons. The van der Waals surface area contributed by atoms with Crippen molar-refractivity contribution in [2.24, 2.45) is 11.7 Å². The summed E-state index contributed by atoms with van der Waals surface area (Å²) in [6, 6.07) is 9.95. The summed E-state index contributed by atoms with van der Waals surface area (Å²) in [5.74, 6) is 0.150. The van der Waals surface area contributed by atoms with Crippen LogP contribution in [0.3, 0.4) is 0 Å². The van der Waals surface area contributed by atoms with Gasteiger partial charge in [-0.05, 0) is 11.5 Å². The monoisotopic (exact) mass is 289 g/mol. The maximum absolute atomic E-state index is 12.3. The Bertz CT molecular complexity index is 566. The SMILES string of the molecule is CC(C)C(NC(=O)c1csc(CN)n1)c1ccccc1. The van der Waals surface area contributed by atoms with Gasteiger partial charge < -0.3 is 11.1 Å². The van der Waals surface area contributed by atoms with Crippen LogP contribution in [0.1, 0.15) is 40.9 Å². The van der Waals surface area contributed by atoms with Crippen LogP contribution in [-0.4, -0.2) is 10.9 Å². The second-order valence-electron chi connectivity index (χ2n) is 4.94. The molecule has 0 aliphatic heterocycles. The zero-order valence-corrected chi connectivity index (χ0v) is 12.5. The highest BCUT2D eigenvalue weighted by molar-refractivity contribution is 7.09. The molecule has 0 saturated heterocycles. The fraction of sp³-hybridized carbons (Fsp3) is 0.333. The Morgan fingerprint density at radius 1 is 1.35 bits per heavy atom. The van der Waals surface area contributed by atoms with Gasteiger partial charge in [-0.25, -0.2) is 4.98 Å². The lowest BCUT2D eigenvalue weighted by atomic mass is 9.96. The van der Waals surface area contributed by atoms with Gasteiger partial charge in [-0.1, -0.05) is 44.2 Å². The van der Waals surface area contributed by atoms with E-state index in [0.29, 0.717) is 18.2 Å². The van der Waals surface area contributed by atoms with E-state index in [2.05, 4.69) is 24.1 Å². The summed E-state index contributed by atoms with van der Waals surface area (Å²) in [7, 11) is 0. The Hall–Kier alpha value is -1.72. The number of thiazole rings is 1. The molecule has 0 fully saturated rings. The lowest BCUT2D eigenvalue weighted by Gasteiger charge is -2.22. The number of hydrogen-bond donors (Lipinski definition) is 2. The topological polar surface area (TPSA) is 68.0 Å². The molecule has 0 spiro atoms. The molecule has 0 bridgehead atoms. The number of rotatable bonds is 5. The van der Waals surface area contributed by atoms with Crippen molar-refractivity contribution in [1.82, 2.24) is 10.3 Å². The van der Waals surface area contributed by atoms with Gasteiger partial charge in [0.15, 0.2) is 0 Å². The van der Waals surface area contributed by atoms with Gasteiger partial charge in [-0.2, -0.15) is 0 Å². The molecule has 4 nitrogen and oxygen atoms in total. The van der Waals surface area contributed by atoms with Gasteiger partial charge in [-0.3, -0.25) is 4.79 Å². The first-order valence-electron chi connectivity index (χ1n) is 6.62. The number of carbonyl (C=O) groups excluding carboxylic acids is 1. The predicted octanol–water partition coefficient (Wildman–Crippen LogP) is 2.73. The molecule has 2 aromatic rings. The van der Waals surface area contributed by atoms with Crippen LogP contribution in [0.2, 0.25) is 0 Å². The highest BCUT2D eigenvalue weighted by Crippen LogP contribution is 2.22. The van der Waals surface area contributed by atoms with Gasteiger partial charge in [0.1, 0.15) is 10.7 Å². The molecule has 5 heteroatoms. The molecular weight excluding hydrogens is 270 g/mol. The first kappa shape index (κ1) is 14.7. The molecule has 0 aliphatic carbocycles. The Morgan fingerprint density at radius 3 is 2.60 bits per heavy atom. The van der Waals surface area contributed by atoms with Crippen LogP contribution < -0.4 is 11.1 Å². The Morgan fingerprint density at radius 2 is 2.05 bits per heavy atom. The quantitative estimate of drug-likeness (QED) is 0.889. The molecule has 1 heterocycles. The highest BCUT2D eigenvalue weighted by atomic mass is 32.1. The Balaban J connectivity index is 2.14. The largest absolute Gasteiger partial charge is 0.344 e. The molecule has 0 aliphatic rings. The van der Waals surface area contributed by atoms with Crippen LogP contribution in [-0.2, 0) is 6.54 Å². The zero-order valence-electron chi connectivity index (χ0n) is 11.7. The molecule has 106 valence electrons. The Kier molecular flexibility index (Phi) is 4.87. The summed E-state index contributed by atoms with van der Waals surface area (Å²) >= 11 is 1.41. The van der Waals surface area contributed by atoms with E-state index in [0.717, 1.165) is 10.6 Å². The third kappa shape index (κ3) is 3.43. The van der Waals surface area contributed by atoms with Crippen LogP contribution in [0.15, 0.2) is 35.7 Å². The number of aromatic nitrogens is 1. The van der Waals surface area contributed by atoms with Crippen molar-refractivity contribution < 1.29 is 4.79 Å². The number of carbonyl (C=O) groups is 1. The van der Waals surface area contributed by atoms with E-state index < -0.39 is 0 Å². The van der Waals surface area contributed by atoms with E-state index in [1.165, 1.54) is 11.3 Å². The lowest BCUT2D eigenvalue weighted by molar-refractivity contribution is 0.0921. The zero-order chi connectivity index (χ0) is 14.5. The van der Waals surface area contributed by atoms with Crippen molar-refractivity contribution in [1.29, 1.82) is 0 Å². The normalized spacial score (nSPS) is 12.4. The minimum absolute atomic E-state index is 0.0215. The third-order valence-electron chi connectivity index (χ3n) is 3.07. The summed E-state index contributed by atoms with van der Waals surface area (Å²) in [5.41, 5.74) is 7.06. The van der Waals surface area contributed by atoms with Crippen LogP contribution in [0.4, 0.5) is 0 Å². The van der Waals surface area contributed by atoms with Gasteiger partial charge in [0.05, 0.1) is 6.04 Å². The molecular formula is C15H19N3OS. The van der Waals surface area contributed by atoms with Gasteiger partial charge in [-0.15, -0.1) is 11.3 Å². The fourth-order valence-electron chi connectivity index (χ4n) is 2.02. The van der Waals surface area contributed by atoms with E-state index >= 15 is 0 Å². The van der Waals surface area contributed by atoms with Crippen LogP contribution >= 0.6 is 11.3 Å². The molecule has 3 N–H and O–H groups in total. The molecule has 2 rings (SSSR count). The number of nitrogens with two attached hydrogens (primary N) is 1. The molecule has 1 aromatic heterocycles. The summed E-state index contributed by atoms with van der Waals surface area (Å²) in [6.45, 7) is 4.54. The van der Waals surface area contributed by atoms with Crippen molar-refractivity contribution >= 4 is 17.2 Å². The lowest BCUT2D eigenvalue weighted by Crippen LogP contribution is -2.32. The molecule has 0 saturated carbocycles. The number of hydrogen-bond acceptors (Lipinski definition) is 4. The van der Waals surface area contributed by atoms with Crippen LogP contribution in [0.25, 0.3) is 0 Å². The van der Waals surface area contributed by atoms with Crippen molar-refractivity contribution in [2.75, 3.05) is 0 Å². The maximum Gasteiger partial charge on any atom is 0.271 e. The molecule has 20 heavy (non-hydrogen) atoms.